The Labute approximate surface area is 153 Å². The van der Waals surface area contributed by atoms with Crippen LogP contribution in [-0.2, 0) is 14.3 Å². The van der Waals surface area contributed by atoms with Crippen LogP contribution in [0.3, 0.4) is 0 Å². The van der Waals surface area contributed by atoms with Crippen molar-refractivity contribution in [2.24, 2.45) is 0 Å². The minimum atomic E-state index is -0.427. The maximum absolute atomic E-state index is 12.1. The van der Waals surface area contributed by atoms with Gasteiger partial charge in [-0.25, -0.2) is 0 Å². The van der Waals surface area contributed by atoms with Gasteiger partial charge in [0.15, 0.2) is 5.79 Å². The van der Waals surface area contributed by atoms with Crippen molar-refractivity contribution in [2.45, 2.75) is 44.4 Å². The zero-order valence-corrected chi connectivity index (χ0v) is 15.1. The molecule has 3 rings (SSSR count). The molecule has 1 heterocycles. The van der Waals surface area contributed by atoms with Crippen molar-refractivity contribution < 1.29 is 23.8 Å². The van der Waals surface area contributed by atoms with Gasteiger partial charge < -0.3 is 24.8 Å². The predicted octanol–water partition coefficient (Wildman–Crippen LogP) is 1.62. The Kier molecular flexibility index (Phi) is 6.11. The molecule has 7 heteroatoms. The number of benzene rings is 1. The highest BCUT2D eigenvalue weighted by Crippen LogP contribution is 2.35. The summed E-state index contributed by atoms with van der Waals surface area (Å²) in [5, 5.41) is 5.62. The molecule has 2 aliphatic rings. The lowest BCUT2D eigenvalue weighted by Crippen LogP contribution is -2.46. The van der Waals surface area contributed by atoms with Gasteiger partial charge in [0.25, 0.3) is 5.91 Å². The third-order valence-corrected chi connectivity index (χ3v) is 4.76. The van der Waals surface area contributed by atoms with Crippen LogP contribution in [0.15, 0.2) is 24.3 Å². The molecule has 1 saturated carbocycles. The van der Waals surface area contributed by atoms with Crippen molar-refractivity contribution >= 4 is 11.8 Å². The number of amides is 2. The van der Waals surface area contributed by atoms with E-state index < -0.39 is 5.79 Å². The molecular formula is C19H26N2O5. The van der Waals surface area contributed by atoms with Crippen molar-refractivity contribution in [2.75, 3.05) is 26.4 Å². The van der Waals surface area contributed by atoms with E-state index in [4.69, 9.17) is 14.2 Å². The van der Waals surface area contributed by atoms with Crippen LogP contribution in [0.25, 0.3) is 0 Å². The molecule has 1 spiro atoms. The fourth-order valence-corrected chi connectivity index (χ4v) is 3.40. The van der Waals surface area contributed by atoms with E-state index in [1.54, 1.807) is 24.3 Å². The fraction of sp³-hybridized carbons (Fsp3) is 0.579. The minimum Gasteiger partial charge on any atom is -0.494 e. The lowest BCUT2D eigenvalue weighted by atomic mass is 9.90. The van der Waals surface area contributed by atoms with Crippen molar-refractivity contribution in [1.82, 2.24) is 10.6 Å². The molecular weight excluding hydrogens is 336 g/mol. The van der Waals surface area contributed by atoms with Crippen LogP contribution >= 0.6 is 0 Å². The van der Waals surface area contributed by atoms with Gasteiger partial charge in [0.1, 0.15) is 5.75 Å². The molecule has 1 saturated heterocycles. The molecule has 2 N–H and O–H groups in total. The van der Waals surface area contributed by atoms with E-state index in [1.807, 2.05) is 6.92 Å². The third kappa shape index (κ3) is 4.74. The molecule has 2 amide bonds. The monoisotopic (exact) mass is 362 g/mol. The molecule has 0 aromatic heterocycles. The number of carbonyl (C=O) groups is 2. The predicted molar refractivity (Wildman–Crippen MR) is 95.0 cm³/mol. The van der Waals surface area contributed by atoms with Gasteiger partial charge >= 0.3 is 0 Å². The first kappa shape index (κ1) is 18.7. The Morgan fingerprint density at radius 2 is 1.81 bits per heavy atom. The molecule has 0 unspecified atom stereocenters. The van der Waals surface area contributed by atoms with Crippen LogP contribution in [-0.4, -0.2) is 50.0 Å². The van der Waals surface area contributed by atoms with Crippen molar-refractivity contribution in [3.8, 4) is 5.75 Å². The van der Waals surface area contributed by atoms with E-state index in [2.05, 4.69) is 10.6 Å². The summed E-state index contributed by atoms with van der Waals surface area (Å²) in [5.74, 6) is -0.174. The SMILES string of the molecule is CCOc1ccc(C(=O)NCC(=O)NC2CCC3(CC2)OCCO3)cc1. The second kappa shape index (κ2) is 8.51. The van der Waals surface area contributed by atoms with Crippen LogP contribution in [0.2, 0.25) is 0 Å². The first-order valence-electron chi connectivity index (χ1n) is 9.18. The molecule has 7 nitrogen and oxygen atoms in total. The number of ether oxygens (including phenoxy) is 3. The topological polar surface area (TPSA) is 85.9 Å². The smallest absolute Gasteiger partial charge is 0.251 e. The number of carbonyl (C=O) groups excluding carboxylic acids is 2. The average molecular weight is 362 g/mol. The van der Waals surface area contributed by atoms with Gasteiger partial charge in [0, 0.05) is 24.4 Å². The largest absolute Gasteiger partial charge is 0.494 e. The fourth-order valence-electron chi connectivity index (χ4n) is 3.40. The Morgan fingerprint density at radius 3 is 2.42 bits per heavy atom. The average Bonchev–Trinajstić information content (AvgIpc) is 3.11. The summed E-state index contributed by atoms with van der Waals surface area (Å²) < 4.78 is 16.7. The van der Waals surface area contributed by atoms with Crippen LogP contribution in [0.1, 0.15) is 43.0 Å². The molecule has 0 radical (unpaired) electrons. The molecule has 142 valence electrons. The molecule has 1 aliphatic heterocycles. The Bertz CT molecular complexity index is 615. The molecule has 1 aromatic rings. The van der Waals surface area contributed by atoms with Gasteiger partial charge in [0.05, 0.1) is 26.4 Å². The molecule has 0 bridgehead atoms. The highest BCUT2D eigenvalue weighted by molar-refractivity contribution is 5.96. The van der Waals surface area contributed by atoms with Gasteiger partial charge in [-0.3, -0.25) is 9.59 Å². The summed E-state index contributed by atoms with van der Waals surface area (Å²) in [6.45, 7) is 3.73. The zero-order chi connectivity index (χ0) is 18.4. The summed E-state index contributed by atoms with van der Waals surface area (Å²) in [5.41, 5.74) is 0.497. The standard InChI is InChI=1S/C19H26N2O5/c1-2-24-16-5-3-14(4-6-16)18(23)20-13-17(22)21-15-7-9-19(10-8-15)25-11-12-26-19/h3-6,15H,2,7-13H2,1H3,(H,20,23)(H,21,22). The lowest BCUT2D eigenvalue weighted by Gasteiger charge is -2.35. The molecule has 1 aliphatic carbocycles. The first-order chi connectivity index (χ1) is 12.6. The van der Waals surface area contributed by atoms with E-state index in [0.29, 0.717) is 31.1 Å². The van der Waals surface area contributed by atoms with Crippen molar-refractivity contribution in [3.05, 3.63) is 29.8 Å². The number of nitrogens with one attached hydrogen (secondary N) is 2. The summed E-state index contributed by atoms with van der Waals surface area (Å²) in [4.78, 5) is 24.2. The molecule has 0 atom stereocenters. The maximum atomic E-state index is 12.1. The first-order valence-corrected chi connectivity index (χ1v) is 9.18. The zero-order valence-electron chi connectivity index (χ0n) is 15.1. The summed E-state index contributed by atoms with van der Waals surface area (Å²) >= 11 is 0. The number of hydrogen-bond acceptors (Lipinski definition) is 5. The van der Waals surface area contributed by atoms with E-state index in [0.717, 1.165) is 25.7 Å². The van der Waals surface area contributed by atoms with Crippen LogP contribution in [0, 0.1) is 0 Å². The second-order valence-corrected chi connectivity index (χ2v) is 6.59. The van der Waals surface area contributed by atoms with E-state index >= 15 is 0 Å². The Balaban J connectivity index is 1.39. The quantitative estimate of drug-likeness (QED) is 0.803. The lowest BCUT2D eigenvalue weighted by molar-refractivity contribution is -0.180. The second-order valence-electron chi connectivity index (χ2n) is 6.59. The highest BCUT2D eigenvalue weighted by atomic mass is 16.7. The minimum absolute atomic E-state index is 0.0410. The van der Waals surface area contributed by atoms with Gasteiger partial charge in [-0.1, -0.05) is 0 Å². The van der Waals surface area contributed by atoms with Gasteiger partial charge in [-0.15, -0.1) is 0 Å². The van der Waals surface area contributed by atoms with Crippen LogP contribution < -0.4 is 15.4 Å². The molecule has 26 heavy (non-hydrogen) atoms. The highest BCUT2D eigenvalue weighted by Gasteiger charge is 2.40. The molecule has 2 fully saturated rings. The van der Waals surface area contributed by atoms with Crippen molar-refractivity contribution in [3.63, 3.8) is 0 Å². The van der Waals surface area contributed by atoms with Gasteiger partial charge in [0.2, 0.25) is 5.91 Å². The number of hydrogen-bond donors (Lipinski definition) is 2. The van der Waals surface area contributed by atoms with Crippen molar-refractivity contribution in [1.29, 1.82) is 0 Å². The van der Waals surface area contributed by atoms with E-state index in [1.165, 1.54) is 0 Å². The van der Waals surface area contributed by atoms with Gasteiger partial charge in [-0.05, 0) is 44.0 Å². The Hall–Kier alpha value is -2.12. The van der Waals surface area contributed by atoms with E-state index in [9.17, 15) is 9.59 Å². The Morgan fingerprint density at radius 1 is 1.15 bits per heavy atom. The number of rotatable bonds is 6. The molecule has 1 aromatic carbocycles. The summed E-state index contributed by atoms with van der Waals surface area (Å²) in [6.07, 6.45) is 3.21. The maximum Gasteiger partial charge on any atom is 0.251 e. The van der Waals surface area contributed by atoms with E-state index in [-0.39, 0.29) is 24.4 Å². The van der Waals surface area contributed by atoms with Gasteiger partial charge in [-0.2, -0.15) is 0 Å². The summed E-state index contributed by atoms with van der Waals surface area (Å²) in [6, 6.07) is 6.94. The third-order valence-electron chi connectivity index (χ3n) is 4.76. The normalized spacial score (nSPS) is 19.3. The van der Waals surface area contributed by atoms with Crippen LogP contribution in [0.5, 0.6) is 5.75 Å². The van der Waals surface area contributed by atoms with Crippen LogP contribution in [0.4, 0.5) is 0 Å². The summed E-state index contributed by atoms with van der Waals surface area (Å²) in [7, 11) is 0.